The molecule has 42 heavy (non-hydrogen) atoms. The van der Waals surface area contributed by atoms with Crippen LogP contribution in [0, 0.1) is 6.92 Å². The van der Waals surface area contributed by atoms with Crippen molar-refractivity contribution in [2.24, 2.45) is 4.99 Å². The number of carbonyl (C=O) groups is 2. The zero-order valence-electron chi connectivity index (χ0n) is 22.9. The lowest BCUT2D eigenvalue weighted by Crippen LogP contribution is -2.39. The Bertz CT molecular complexity index is 1750. The first-order chi connectivity index (χ1) is 20.1. The fourth-order valence-electron chi connectivity index (χ4n) is 5.21. The molecule has 6 rings (SSSR count). The first-order valence-electron chi connectivity index (χ1n) is 13.1. The number of anilines is 1. The van der Waals surface area contributed by atoms with Crippen LogP contribution in [0.1, 0.15) is 46.2 Å². The lowest BCUT2D eigenvalue weighted by Gasteiger charge is -2.20. The molecule has 214 valence electrons. The van der Waals surface area contributed by atoms with Gasteiger partial charge in [-0.15, -0.1) is 10.2 Å². The molecule has 3 N–H and O–H groups in total. The molecule has 1 aromatic heterocycles. The van der Waals surface area contributed by atoms with Crippen LogP contribution in [0.5, 0.6) is 5.75 Å². The summed E-state index contributed by atoms with van der Waals surface area (Å²) in [5.74, 6) is 0.512. The van der Waals surface area contributed by atoms with Gasteiger partial charge >= 0.3 is 0 Å². The maximum Gasteiger partial charge on any atom is 0.258 e. The molecule has 4 aromatic rings. The number of methoxy groups -OCH3 is 1. The van der Waals surface area contributed by atoms with Crippen molar-refractivity contribution in [2.45, 2.75) is 31.7 Å². The molecular weight excluding hydrogens is 560 g/mol. The summed E-state index contributed by atoms with van der Waals surface area (Å²) < 4.78 is 7.35. The van der Waals surface area contributed by atoms with Crippen molar-refractivity contribution in [3.63, 3.8) is 0 Å². The van der Waals surface area contributed by atoms with Crippen molar-refractivity contribution in [1.82, 2.24) is 20.1 Å². The maximum atomic E-state index is 13.7. The molecular formula is C30H27ClN6O5. The number of amides is 2. The molecule has 1 saturated heterocycles. The molecule has 0 bridgehead atoms. The minimum Gasteiger partial charge on any atom is -0.497 e. The van der Waals surface area contributed by atoms with Crippen molar-refractivity contribution < 1.29 is 24.5 Å². The van der Waals surface area contributed by atoms with Crippen LogP contribution in [-0.2, 0) is 4.79 Å². The molecule has 3 atom stereocenters. The summed E-state index contributed by atoms with van der Waals surface area (Å²) in [6, 6.07) is 19.2. The second-order valence-electron chi connectivity index (χ2n) is 10.4. The number of β-amino-alcohol motifs (C(OH)–C–C–N with tert-alkyl or cyclic N) is 1. The molecule has 0 spiro atoms. The summed E-state index contributed by atoms with van der Waals surface area (Å²) in [6.07, 6.45) is -2.50. The van der Waals surface area contributed by atoms with E-state index in [1.54, 1.807) is 37.4 Å². The van der Waals surface area contributed by atoms with E-state index in [-0.39, 0.29) is 12.1 Å². The molecule has 0 radical (unpaired) electrons. The number of ether oxygens (including phenoxy) is 1. The normalized spacial score (nSPS) is 21.3. The van der Waals surface area contributed by atoms with Crippen LogP contribution >= 0.6 is 11.6 Å². The number of aliphatic hydroxyl groups is 2. The van der Waals surface area contributed by atoms with E-state index in [1.807, 2.05) is 41.8 Å². The van der Waals surface area contributed by atoms with E-state index < -0.39 is 29.7 Å². The number of nitrogens with one attached hydrogen (secondary N) is 1. The van der Waals surface area contributed by atoms with Crippen LogP contribution in [0.15, 0.2) is 71.7 Å². The molecule has 3 aromatic carbocycles. The third kappa shape index (κ3) is 4.71. The predicted molar refractivity (Wildman–Crippen MR) is 155 cm³/mol. The van der Waals surface area contributed by atoms with Gasteiger partial charge in [0.1, 0.15) is 17.2 Å². The van der Waals surface area contributed by atoms with Gasteiger partial charge in [-0.05, 0) is 62.4 Å². The molecule has 2 amide bonds. The van der Waals surface area contributed by atoms with Crippen molar-refractivity contribution in [3.05, 3.63) is 100 Å². The monoisotopic (exact) mass is 586 g/mol. The van der Waals surface area contributed by atoms with Crippen molar-refractivity contribution in [3.8, 4) is 11.4 Å². The zero-order valence-corrected chi connectivity index (χ0v) is 23.7. The number of aliphatic hydroxyl groups excluding tert-OH is 1. The number of benzene rings is 3. The number of hydrogen-bond acceptors (Lipinski definition) is 8. The number of hydrogen-bond donors (Lipinski definition) is 3. The summed E-state index contributed by atoms with van der Waals surface area (Å²) in [6.45, 7) is 3.09. The number of aryl methyl sites for hydroxylation is 1. The highest BCUT2D eigenvalue weighted by Gasteiger charge is 2.47. The fraction of sp³-hybridized carbons (Fsp3) is 0.233. The second-order valence-corrected chi connectivity index (χ2v) is 10.9. The Balaban J connectivity index is 1.42. The van der Waals surface area contributed by atoms with E-state index in [1.165, 1.54) is 17.9 Å². The van der Waals surface area contributed by atoms with E-state index in [2.05, 4.69) is 15.5 Å². The standard InChI is InChI=1S/C30H27ClN6O5/c1-16-34-35-27-26(33-28(39)18-5-4-6-20(13-18)36-15-30(2,41)25(38)29(36)40)32-24(17-7-9-19(31)10-8-17)22-14-21(42-3)11-12-23(22)37(16)27/h4-14,25-26,38,41H,15H2,1-3H3,(H,33,39)/t25-,26-,30+/m0/s1. The Morgan fingerprint density at radius 1 is 1.12 bits per heavy atom. The summed E-state index contributed by atoms with van der Waals surface area (Å²) in [5, 5.41) is 32.7. The highest BCUT2D eigenvalue weighted by Crippen LogP contribution is 2.33. The number of rotatable bonds is 5. The minimum absolute atomic E-state index is 0.112. The molecule has 2 aliphatic heterocycles. The van der Waals surface area contributed by atoms with Gasteiger partial charge in [0.25, 0.3) is 11.8 Å². The number of aromatic nitrogens is 3. The van der Waals surface area contributed by atoms with E-state index in [0.717, 1.165) is 16.8 Å². The van der Waals surface area contributed by atoms with Gasteiger partial charge in [0.15, 0.2) is 18.1 Å². The minimum atomic E-state index is -1.61. The van der Waals surface area contributed by atoms with Crippen molar-refractivity contribution >= 4 is 34.8 Å². The van der Waals surface area contributed by atoms with Crippen molar-refractivity contribution in [1.29, 1.82) is 0 Å². The smallest absolute Gasteiger partial charge is 0.258 e. The predicted octanol–water partition coefficient (Wildman–Crippen LogP) is 2.98. The molecule has 2 aliphatic rings. The van der Waals surface area contributed by atoms with Gasteiger partial charge in [-0.3, -0.25) is 19.1 Å². The van der Waals surface area contributed by atoms with Crippen LogP contribution in [0.3, 0.4) is 0 Å². The van der Waals surface area contributed by atoms with E-state index >= 15 is 0 Å². The Morgan fingerprint density at radius 2 is 1.88 bits per heavy atom. The summed E-state index contributed by atoms with van der Waals surface area (Å²) in [4.78, 5) is 32.5. The first-order valence-corrected chi connectivity index (χ1v) is 13.5. The molecule has 3 heterocycles. The number of carbonyl (C=O) groups excluding carboxylic acids is 2. The number of nitrogens with zero attached hydrogens (tertiary/aromatic N) is 5. The fourth-order valence-corrected chi connectivity index (χ4v) is 5.34. The Morgan fingerprint density at radius 3 is 2.57 bits per heavy atom. The van der Waals surface area contributed by atoms with Gasteiger partial charge in [0.2, 0.25) is 0 Å². The highest BCUT2D eigenvalue weighted by molar-refractivity contribution is 6.30. The third-order valence-corrected chi connectivity index (χ3v) is 7.68. The molecule has 0 saturated carbocycles. The molecule has 11 nitrogen and oxygen atoms in total. The molecule has 0 unspecified atom stereocenters. The quantitative estimate of drug-likeness (QED) is 0.326. The SMILES string of the molecule is COc1ccc2c(c1)C(c1ccc(Cl)cc1)=N[C@@H](NC(=O)c1cccc(N3C[C@@](C)(O)[C@@H](O)C3=O)c1)c1nnc(C)n1-2. The maximum absolute atomic E-state index is 13.7. The first kappa shape index (κ1) is 27.6. The Labute approximate surface area is 246 Å². The van der Waals surface area contributed by atoms with Crippen LogP contribution < -0.4 is 15.0 Å². The van der Waals surface area contributed by atoms with Crippen LogP contribution in [0.2, 0.25) is 5.02 Å². The Kier molecular flexibility index (Phi) is 6.80. The van der Waals surface area contributed by atoms with Gasteiger partial charge in [0.05, 0.1) is 25.1 Å². The lowest BCUT2D eigenvalue weighted by molar-refractivity contribution is -0.130. The highest BCUT2D eigenvalue weighted by atomic mass is 35.5. The molecule has 12 heteroatoms. The molecule has 0 aliphatic carbocycles. The number of halogens is 1. The second kappa shape index (κ2) is 10.4. The van der Waals surface area contributed by atoms with Crippen LogP contribution in [0.4, 0.5) is 5.69 Å². The van der Waals surface area contributed by atoms with Crippen molar-refractivity contribution in [2.75, 3.05) is 18.6 Å². The topological polar surface area (TPSA) is 142 Å². The van der Waals surface area contributed by atoms with Gasteiger partial charge in [-0.25, -0.2) is 0 Å². The number of fused-ring (bicyclic) bond motifs is 3. The van der Waals surface area contributed by atoms with Gasteiger partial charge < -0.3 is 25.2 Å². The summed E-state index contributed by atoms with van der Waals surface area (Å²) in [5.41, 5.74) is 1.87. The average Bonchev–Trinajstić information content (AvgIpc) is 3.42. The van der Waals surface area contributed by atoms with Gasteiger partial charge in [-0.1, -0.05) is 29.8 Å². The Hall–Kier alpha value is -4.58. The third-order valence-electron chi connectivity index (χ3n) is 7.43. The molecule has 1 fully saturated rings. The largest absolute Gasteiger partial charge is 0.497 e. The number of aliphatic imine (C=N–C) groups is 1. The van der Waals surface area contributed by atoms with Crippen LogP contribution in [0.25, 0.3) is 5.69 Å². The van der Waals surface area contributed by atoms with E-state index in [0.29, 0.717) is 33.8 Å². The summed E-state index contributed by atoms with van der Waals surface area (Å²) in [7, 11) is 1.58. The van der Waals surface area contributed by atoms with E-state index in [4.69, 9.17) is 21.3 Å². The lowest BCUT2D eigenvalue weighted by atomic mass is 10.00. The summed E-state index contributed by atoms with van der Waals surface area (Å²) >= 11 is 6.17. The van der Waals surface area contributed by atoms with Gasteiger partial charge in [-0.2, -0.15) is 0 Å². The average molecular weight is 587 g/mol. The van der Waals surface area contributed by atoms with Gasteiger partial charge in [0, 0.05) is 27.4 Å². The zero-order chi connectivity index (χ0) is 29.8. The van der Waals surface area contributed by atoms with E-state index in [9.17, 15) is 19.8 Å². The van der Waals surface area contributed by atoms with Crippen LogP contribution in [-0.4, -0.2) is 67.9 Å².